The van der Waals surface area contributed by atoms with Crippen LogP contribution < -0.4 is 0 Å². The van der Waals surface area contributed by atoms with Gasteiger partial charge >= 0.3 is 5.97 Å². The molecule has 0 radical (unpaired) electrons. The average Bonchev–Trinajstić information content (AvgIpc) is 2.49. The van der Waals surface area contributed by atoms with E-state index in [9.17, 15) is 4.79 Å². The summed E-state index contributed by atoms with van der Waals surface area (Å²) in [4.78, 5) is 10.2. The van der Waals surface area contributed by atoms with Crippen molar-refractivity contribution in [3.05, 3.63) is 12.2 Å². The van der Waals surface area contributed by atoms with Crippen molar-refractivity contribution in [2.45, 2.75) is 38.5 Å². The van der Waals surface area contributed by atoms with Crippen LogP contribution in [-0.2, 0) is 4.79 Å². The van der Waals surface area contributed by atoms with Crippen LogP contribution in [-0.4, -0.2) is 11.1 Å². The topological polar surface area (TPSA) is 37.3 Å². The van der Waals surface area contributed by atoms with E-state index < -0.39 is 5.97 Å². The minimum Gasteiger partial charge on any atom is -0.481 e. The second-order valence-electron chi connectivity index (χ2n) is 3.41. The molecule has 1 aliphatic rings. The number of hydrogen-bond acceptors (Lipinski definition) is 1. The van der Waals surface area contributed by atoms with Crippen LogP contribution in [0, 0.1) is 5.92 Å². The first kappa shape index (κ1) is 9.30. The summed E-state index contributed by atoms with van der Waals surface area (Å²) in [6.07, 6.45) is 10.4. The Morgan fingerprint density at radius 2 is 2.33 bits per heavy atom. The van der Waals surface area contributed by atoms with Gasteiger partial charge in [-0.25, -0.2) is 0 Å². The van der Waals surface area contributed by atoms with Gasteiger partial charge in [0.25, 0.3) is 0 Å². The molecule has 0 unspecified atom stereocenters. The van der Waals surface area contributed by atoms with Crippen molar-refractivity contribution in [3.63, 3.8) is 0 Å². The maximum atomic E-state index is 10.2. The summed E-state index contributed by atoms with van der Waals surface area (Å²) in [7, 11) is 0. The third kappa shape index (κ3) is 3.56. The number of unbranched alkanes of at least 4 members (excludes halogenated alkanes) is 1. The summed E-state index contributed by atoms with van der Waals surface area (Å²) in [6.45, 7) is 0. The van der Waals surface area contributed by atoms with Crippen molar-refractivity contribution in [2.75, 3.05) is 0 Å². The molecule has 2 heteroatoms. The molecule has 1 N–H and O–H groups in total. The molecule has 0 saturated carbocycles. The minimum absolute atomic E-state index is 0.330. The average molecular weight is 168 g/mol. The molecule has 0 bridgehead atoms. The van der Waals surface area contributed by atoms with Crippen molar-refractivity contribution in [1.29, 1.82) is 0 Å². The van der Waals surface area contributed by atoms with E-state index in [4.69, 9.17) is 5.11 Å². The van der Waals surface area contributed by atoms with Gasteiger partial charge in [-0.2, -0.15) is 0 Å². The lowest BCUT2D eigenvalue weighted by Crippen LogP contribution is -1.96. The van der Waals surface area contributed by atoms with E-state index in [-0.39, 0.29) is 0 Å². The first-order valence-electron chi connectivity index (χ1n) is 4.67. The second kappa shape index (κ2) is 4.96. The molecule has 12 heavy (non-hydrogen) atoms. The number of aliphatic carboxylic acids is 1. The Balaban J connectivity index is 1.95. The fraction of sp³-hybridized carbons (Fsp3) is 0.700. The summed E-state index contributed by atoms with van der Waals surface area (Å²) >= 11 is 0. The van der Waals surface area contributed by atoms with Crippen LogP contribution in [0.25, 0.3) is 0 Å². The Morgan fingerprint density at radius 1 is 1.50 bits per heavy atom. The van der Waals surface area contributed by atoms with Crippen molar-refractivity contribution >= 4 is 5.97 Å². The SMILES string of the molecule is O=C(O)CCCC[C@@H]1C=CCC1. The first-order valence-corrected chi connectivity index (χ1v) is 4.67. The third-order valence-corrected chi connectivity index (χ3v) is 2.33. The van der Waals surface area contributed by atoms with Gasteiger partial charge in [-0.1, -0.05) is 18.6 Å². The highest BCUT2D eigenvalue weighted by Gasteiger charge is 2.08. The van der Waals surface area contributed by atoms with Crippen LogP contribution >= 0.6 is 0 Å². The van der Waals surface area contributed by atoms with Crippen molar-refractivity contribution in [2.24, 2.45) is 5.92 Å². The standard InChI is InChI=1S/C10H16O2/c11-10(12)8-4-3-7-9-5-1-2-6-9/h1,5,9H,2-4,6-8H2,(H,11,12)/t9-/m1/s1. The van der Waals surface area contributed by atoms with E-state index in [1.54, 1.807) is 0 Å². The summed E-state index contributed by atoms with van der Waals surface area (Å²) in [5, 5.41) is 8.39. The second-order valence-corrected chi connectivity index (χ2v) is 3.41. The molecule has 0 saturated heterocycles. The zero-order valence-corrected chi connectivity index (χ0v) is 7.33. The van der Waals surface area contributed by atoms with E-state index in [0.29, 0.717) is 6.42 Å². The summed E-state index contributed by atoms with van der Waals surface area (Å²) in [5.74, 6) is 0.0655. The van der Waals surface area contributed by atoms with Gasteiger partial charge in [0, 0.05) is 6.42 Å². The molecule has 0 spiro atoms. The van der Waals surface area contributed by atoms with E-state index in [1.165, 1.54) is 19.3 Å². The summed E-state index contributed by atoms with van der Waals surface area (Å²) < 4.78 is 0. The van der Waals surface area contributed by atoms with Gasteiger partial charge in [-0.05, 0) is 31.6 Å². The number of rotatable bonds is 5. The van der Waals surface area contributed by atoms with E-state index in [0.717, 1.165) is 18.8 Å². The van der Waals surface area contributed by atoms with Crippen molar-refractivity contribution < 1.29 is 9.90 Å². The van der Waals surface area contributed by atoms with Gasteiger partial charge in [0.05, 0.1) is 0 Å². The Kier molecular flexibility index (Phi) is 3.85. The summed E-state index contributed by atoms with van der Waals surface area (Å²) in [6, 6.07) is 0. The van der Waals surface area contributed by atoms with Gasteiger partial charge in [0.1, 0.15) is 0 Å². The van der Waals surface area contributed by atoms with E-state index in [2.05, 4.69) is 12.2 Å². The van der Waals surface area contributed by atoms with Crippen LogP contribution in [0.15, 0.2) is 12.2 Å². The zero-order valence-electron chi connectivity index (χ0n) is 7.33. The molecule has 0 aliphatic heterocycles. The number of carbonyl (C=O) groups is 1. The largest absolute Gasteiger partial charge is 0.481 e. The molecule has 0 aromatic heterocycles. The molecule has 1 atom stereocenters. The molecule has 1 rings (SSSR count). The van der Waals surface area contributed by atoms with Crippen LogP contribution in [0.5, 0.6) is 0 Å². The zero-order chi connectivity index (χ0) is 8.81. The fourth-order valence-electron chi connectivity index (χ4n) is 1.62. The highest BCUT2D eigenvalue weighted by atomic mass is 16.4. The quantitative estimate of drug-likeness (QED) is 0.506. The Morgan fingerprint density at radius 3 is 2.92 bits per heavy atom. The molecule has 0 fully saturated rings. The summed E-state index contributed by atoms with van der Waals surface area (Å²) in [5.41, 5.74) is 0. The lowest BCUT2D eigenvalue weighted by molar-refractivity contribution is -0.137. The van der Waals surface area contributed by atoms with Gasteiger partial charge in [-0.3, -0.25) is 4.79 Å². The number of hydrogen-bond donors (Lipinski definition) is 1. The van der Waals surface area contributed by atoms with Gasteiger partial charge in [0.15, 0.2) is 0 Å². The predicted octanol–water partition coefficient (Wildman–Crippen LogP) is 2.60. The highest BCUT2D eigenvalue weighted by molar-refractivity contribution is 5.66. The van der Waals surface area contributed by atoms with Crippen molar-refractivity contribution in [3.8, 4) is 0 Å². The molecule has 2 nitrogen and oxygen atoms in total. The fourth-order valence-corrected chi connectivity index (χ4v) is 1.62. The molecule has 0 aromatic rings. The third-order valence-electron chi connectivity index (χ3n) is 2.33. The normalized spacial score (nSPS) is 21.5. The van der Waals surface area contributed by atoms with Gasteiger partial charge in [0.2, 0.25) is 0 Å². The van der Waals surface area contributed by atoms with Gasteiger partial charge < -0.3 is 5.11 Å². The van der Waals surface area contributed by atoms with Crippen molar-refractivity contribution in [1.82, 2.24) is 0 Å². The number of allylic oxidation sites excluding steroid dienone is 2. The maximum Gasteiger partial charge on any atom is 0.303 e. The molecular formula is C10H16O2. The molecule has 68 valence electrons. The highest BCUT2D eigenvalue weighted by Crippen LogP contribution is 2.22. The number of carboxylic acids is 1. The lowest BCUT2D eigenvalue weighted by Gasteiger charge is -2.05. The first-order chi connectivity index (χ1) is 5.79. The Labute approximate surface area is 73.3 Å². The minimum atomic E-state index is -0.669. The van der Waals surface area contributed by atoms with Crippen LogP contribution in [0.2, 0.25) is 0 Å². The monoisotopic (exact) mass is 168 g/mol. The molecule has 0 heterocycles. The Hall–Kier alpha value is -0.790. The van der Waals surface area contributed by atoms with Crippen LogP contribution in [0.1, 0.15) is 38.5 Å². The molecular weight excluding hydrogens is 152 g/mol. The van der Waals surface area contributed by atoms with Gasteiger partial charge in [-0.15, -0.1) is 0 Å². The number of carboxylic acid groups (broad SMARTS) is 1. The smallest absolute Gasteiger partial charge is 0.303 e. The molecule has 0 aromatic carbocycles. The van der Waals surface area contributed by atoms with Crippen LogP contribution in [0.4, 0.5) is 0 Å². The van der Waals surface area contributed by atoms with E-state index >= 15 is 0 Å². The molecule has 0 amide bonds. The Bertz CT molecular complexity index is 173. The predicted molar refractivity (Wildman–Crippen MR) is 48.0 cm³/mol. The molecule has 1 aliphatic carbocycles. The van der Waals surface area contributed by atoms with E-state index in [1.807, 2.05) is 0 Å². The van der Waals surface area contributed by atoms with Crippen LogP contribution in [0.3, 0.4) is 0 Å². The lowest BCUT2D eigenvalue weighted by atomic mass is 10.0. The maximum absolute atomic E-state index is 10.2.